The summed E-state index contributed by atoms with van der Waals surface area (Å²) in [4.78, 5) is 1.41. The van der Waals surface area contributed by atoms with E-state index in [0.29, 0.717) is 11.8 Å². The Morgan fingerprint density at radius 3 is 2.38 bits per heavy atom. The molecule has 16 heavy (non-hydrogen) atoms. The molecule has 0 aliphatic carbocycles. The Morgan fingerprint density at radius 1 is 1.31 bits per heavy atom. The van der Waals surface area contributed by atoms with Crippen molar-refractivity contribution in [3.8, 4) is 0 Å². The van der Waals surface area contributed by atoms with Gasteiger partial charge in [0.15, 0.2) is 0 Å². The number of thiophene rings is 1. The molecular weight excluding hydrogens is 214 g/mol. The Bertz CT molecular complexity index is 322. The lowest BCUT2D eigenvalue weighted by atomic mass is 9.90. The molecule has 0 radical (unpaired) electrons. The van der Waals surface area contributed by atoms with Crippen LogP contribution in [0.2, 0.25) is 0 Å². The average molecular weight is 239 g/mol. The molecule has 1 aromatic rings. The average Bonchev–Trinajstić information content (AvgIpc) is 2.59. The van der Waals surface area contributed by atoms with Gasteiger partial charge in [0.1, 0.15) is 0 Å². The van der Waals surface area contributed by atoms with Crippen molar-refractivity contribution < 1.29 is 0 Å². The normalized spacial score (nSPS) is 16.1. The molecule has 0 saturated carbocycles. The van der Waals surface area contributed by atoms with Crippen molar-refractivity contribution in [2.45, 2.75) is 53.0 Å². The van der Waals surface area contributed by atoms with Crippen molar-refractivity contribution in [1.29, 1.82) is 0 Å². The van der Waals surface area contributed by atoms with E-state index >= 15 is 0 Å². The zero-order chi connectivity index (χ0) is 12.3. The second-order valence-electron chi connectivity index (χ2n) is 5.89. The van der Waals surface area contributed by atoms with Crippen LogP contribution in [0.4, 0.5) is 0 Å². The van der Waals surface area contributed by atoms with Crippen molar-refractivity contribution in [3.63, 3.8) is 0 Å². The minimum absolute atomic E-state index is 0.221. The van der Waals surface area contributed by atoms with E-state index < -0.39 is 0 Å². The van der Waals surface area contributed by atoms with E-state index in [1.807, 2.05) is 11.3 Å². The molecule has 0 bridgehead atoms. The van der Waals surface area contributed by atoms with Gasteiger partial charge in [0.05, 0.1) is 0 Å². The zero-order valence-electron chi connectivity index (χ0n) is 11.4. The fourth-order valence-corrected chi connectivity index (χ4v) is 2.48. The zero-order valence-corrected chi connectivity index (χ0v) is 12.2. The lowest BCUT2D eigenvalue weighted by Crippen LogP contribution is -2.39. The van der Waals surface area contributed by atoms with E-state index in [4.69, 9.17) is 0 Å². The molecule has 1 N–H and O–H groups in total. The van der Waals surface area contributed by atoms with Crippen molar-refractivity contribution >= 4 is 11.3 Å². The summed E-state index contributed by atoms with van der Waals surface area (Å²) in [5.41, 5.74) is 1.71. The molecule has 0 fully saturated rings. The van der Waals surface area contributed by atoms with E-state index in [1.165, 1.54) is 10.4 Å². The molecule has 0 aliphatic rings. The third-order valence-electron chi connectivity index (χ3n) is 3.08. The monoisotopic (exact) mass is 239 g/mol. The van der Waals surface area contributed by atoms with E-state index in [-0.39, 0.29) is 5.54 Å². The quantitative estimate of drug-likeness (QED) is 0.831. The molecule has 0 spiro atoms. The molecular formula is C14H25NS. The molecule has 1 heterocycles. The summed E-state index contributed by atoms with van der Waals surface area (Å²) in [5, 5.41) is 5.88. The van der Waals surface area contributed by atoms with Gasteiger partial charge in [-0.05, 0) is 63.1 Å². The lowest BCUT2D eigenvalue weighted by Gasteiger charge is -2.26. The van der Waals surface area contributed by atoms with Crippen LogP contribution in [0.25, 0.3) is 0 Å². The summed E-state index contributed by atoms with van der Waals surface area (Å²) in [6, 6.07) is 2.32. The first-order valence-corrected chi connectivity index (χ1v) is 6.97. The van der Waals surface area contributed by atoms with Gasteiger partial charge in [0.25, 0.3) is 0 Å². The Kier molecular flexibility index (Phi) is 4.57. The van der Waals surface area contributed by atoms with Gasteiger partial charge in [0, 0.05) is 10.4 Å². The molecule has 2 heteroatoms. The van der Waals surface area contributed by atoms with E-state index in [9.17, 15) is 0 Å². The topological polar surface area (TPSA) is 12.0 Å². The molecule has 2 unspecified atom stereocenters. The molecule has 0 amide bonds. The fourth-order valence-electron chi connectivity index (χ4n) is 1.67. The first-order valence-electron chi connectivity index (χ1n) is 6.09. The SMILES string of the molecule is Cc1cc(C(C)C(C)CNC(C)(C)C)cs1. The second kappa shape index (κ2) is 5.33. The third-order valence-corrected chi connectivity index (χ3v) is 3.96. The smallest absolute Gasteiger partial charge is 0.00966 e. The van der Waals surface area contributed by atoms with Crippen LogP contribution in [-0.2, 0) is 0 Å². The fraction of sp³-hybridized carbons (Fsp3) is 0.714. The van der Waals surface area contributed by atoms with Crippen molar-refractivity contribution in [2.75, 3.05) is 6.54 Å². The van der Waals surface area contributed by atoms with E-state index in [0.717, 1.165) is 6.54 Å². The lowest BCUT2D eigenvalue weighted by molar-refractivity contribution is 0.359. The summed E-state index contributed by atoms with van der Waals surface area (Å²) in [5.74, 6) is 1.31. The third kappa shape index (κ3) is 4.26. The minimum atomic E-state index is 0.221. The first-order chi connectivity index (χ1) is 7.29. The maximum Gasteiger partial charge on any atom is 0.00966 e. The van der Waals surface area contributed by atoms with E-state index in [2.05, 4.69) is 58.3 Å². The maximum absolute atomic E-state index is 3.58. The van der Waals surface area contributed by atoms with Crippen LogP contribution in [0.3, 0.4) is 0 Å². The van der Waals surface area contributed by atoms with Crippen LogP contribution in [-0.4, -0.2) is 12.1 Å². The summed E-state index contributed by atoms with van der Waals surface area (Å²) < 4.78 is 0. The summed E-state index contributed by atoms with van der Waals surface area (Å²) >= 11 is 1.85. The van der Waals surface area contributed by atoms with Gasteiger partial charge in [0.2, 0.25) is 0 Å². The highest BCUT2D eigenvalue weighted by atomic mass is 32.1. The van der Waals surface area contributed by atoms with Gasteiger partial charge in [-0.2, -0.15) is 0 Å². The van der Waals surface area contributed by atoms with Crippen LogP contribution < -0.4 is 5.32 Å². The van der Waals surface area contributed by atoms with Gasteiger partial charge >= 0.3 is 0 Å². The second-order valence-corrected chi connectivity index (χ2v) is 7.00. The predicted molar refractivity (Wildman–Crippen MR) is 74.4 cm³/mol. The number of hydrogen-bond donors (Lipinski definition) is 1. The van der Waals surface area contributed by atoms with Crippen molar-refractivity contribution in [1.82, 2.24) is 5.32 Å². The van der Waals surface area contributed by atoms with Crippen molar-refractivity contribution in [3.05, 3.63) is 21.9 Å². The van der Waals surface area contributed by atoms with Crippen LogP contribution in [0, 0.1) is 12.8 Å². The largest absolute Gasteiger partial charge is 0.312 e. The highest BCUT2D eigenvalue weighted by molar-refractivity contribution is 7.10. The van der Waals surface area contributed by atoms with Gasteiger partial charge < -0.3 is 5.32 Å². The molecule has 1 rings (SSSR count). The van der Waals surface area contributed by atoms with Crippen molar-refractivity contribution in [2.24, 2.45) is 5.92 Å². The molecule has 1 nitrogen and oxygen atoms in total. The van der Waals surface area contributed by atoms with Crippen LogP contribution in [0.5, 0.6) is 0 Å². The van der Waals surface area contributed by atoms with Crippen LogP contribution in [0.1, 0.15) is 51.0 Å². The number of hydrogen-bond acceptors (Lipinski definition) is 2. The number of aryl methyl sites for hydroxylation is 1. The highest BCUT2D eigenvalue weighted by Crippen LogP contribution is 2.27. The Labute approximate surface area is 104 Å². The minimum Gasteiger partial charge on any atom is -0.312 e. The molecule has 0 aromatic carbocycles. The van der Waals surface area contributed by atoms with Gasteiger partial charge in [-0.1, -0.05) is 13.8 Å². The highest BCUT2D eigenvalue weighted by Gasteiger charge is 2.17. The van der Waals surface area contributed by atoms with Crippen LogP contribution >= 0.6 is 11.3 Å². The Hall–Kier alpha value is -0.340. The van der Waals surface area contributed by atoms with E-state index in [1.54, 1.807) is 0 Å². The molecule has 1 aromatic heterocycles. The summed E-state index contributed by atoms with van der Waals surface area (Å²) in [7, 11) is 0. The van der Waals surface area contributed by atoms with Crippen LogP contribution in [0.15, 0.2) is 11.4 Å². The van der Waals surface area contributed by atoms with Gasteiger partial charge in [-0.3, -0.25) is 0 Å². The summed E-state index contributed by atoms with van der Waals surface area (Å²) in [6.45, 7) is 14.6. The Balaban J connectivity index is 2.51. The molecule has 92 valence electrons. The van der Waals surface area contributed by atoms with Gasteiger partial charge in [-0.15, -0.1) is 11.3 Å². The Morgan fingerprint density at radius 2 is 1.94 bits per heavy atom. The number of rotatable bonds is 4. The molecule has 2 atom stereocenters. The molecule has 0 aliphatic heterocycles. The summed E-state index contributed by atoms with van der Waals surface area (Å²) in [6.07, 6.45) is 0. The molecule has 0 saturated heterocycles. The number of nitrogens with one attached hydrogen (secondary N) is 1. The standard InChI is InChI=1S/C14H25NS/c1-10(8-15-14(4,5)6)12(3)13-7-11(2)16-9-13/h7,9-10,12,15H,8H2,1-6H3. The van der Waals surface area contributed by atoms with Gasteiger partial charge in [-0.25, -0.2) is 0 Å². The predicted octanol–water partition coefficient (Wildman–Crippen LogP) is 4.18. The maximum atomic E-state index is 3.58. The first kappa shape index (κ1) is 13.7.